The first-order valence-electron chi connectivity index (χ1n) is 6.07. The average molecular weight is 217 g/mol. The van der Waals surface area contributed by atoms with Gasteiger partial charge in [0.2, 0.25) is 0 Å². The third kappa shape index (κ3) is 1.44. The first-order valence-corrected chi connectivity index (χ1v) is 6.07. The highest BCUT2D eigenvalue weighted by molar-refractivity contribution is 5.45. The molecule has 16 heavy (non-hydrogen) atoms. The van der Waals surface area contributed by atoms with Gasteiger partial charge < -0.3 is 10.5 Å². The predicted octanol–water partition coefficient (Wildman–Crippen LogP) is 2.39. The van der Waals surface area contributed by atoms with E-state index in [0.717, 1.165) is 18.7 Å². The van der Waals surface area contributed by atoms with Gasteiger partial charge in [0.25, 0.3) is 0 Å². The fourth-order valence-corrected chi connectivity index (χ4v) is 2.70. The van der Waals surface area contributed by atoms with Gasteiger partial charge in [-0.3, -0.25) is 0 Å². The van der Waals surface area contributed by atoms with E-state index in [1.807, 2.05) is 0 Å². The average Bonchev–Trinajstić information content (AvgIpc) is 2.95. The second-order valence-electron chi connectivity index (χ2n) is 5.85. The van der Waals surface area contributed by atoms with Crippen molar-refractivity contribution in [2.75, 3.05) is 6.54 Å². The Labute approximate surface area is 96.8 Å². The molecule has 1 saturated carbocycles. The van der Waals surface area contributed by atoms with Crippen molar-refractivity contribution in [2.24, 2.45) is 5.73 Å². The number of ether oxygens (including phenoxy) is 1. The van der Waals surface area contributed by atoms with Crippen molar-refractivity contribution >= 4 is 0 Å². The lowest BCUT2D eigenvalue weighted by Crippen LogP contribution is -2.24. The smallest absolute Gasteiger partial charge is 0.123 e. The first-order chi connectivity index (χ1) is 7.55. The van der Waals surface area contributed by atoms with Crippen molar-refractivity contribution in [3.63, 3.8) is 0 Å². The summed E-state index contributed by atoms with van der Waals surface area (Å²) in [6, 6.07) is 6.62. The monoisotopic (exact) mass is 217 g/mol. The number of hydrogen-bond acceptors (Lipinski definition) is 2. The molecule has 2 nitrogen and oxygen atoms in total. The quantitative estimate of drug-likeness (QED) is 0.825. The third-order valence-electron chi connectivity index (χ3n) is 3.92. The molecule has 1 fully saturated rings. The molecule has 2 heteroatoms. The Morgan fingerprint density at radius 3 is 2.69 bits per heavy atom. The summed E-state index contributed by atoms with van der Waals surface area (Å²) in [6.45, 7) is 5.06. The van der Waals surface area contributed by atoms with Crippen molar-refractivity contribution in [3.05, 3.63) is 29.3 Å². The molecule has 0 atom stereocenters. The second-order valence-corrected chi connectivity index (χ2v) is 5.85. The summed E-state index contributed by atoms with van der Waals surface area (Å²) in [4.78, 5) is 0. The van der Waals surface area contributed by atoms with Gasteiger partial charge in [0.05, 0.1) is 0 Å². The standard InChI is InChI=1S/C14H19NO/c1-13(2)8-10-7-11(3-4-12(10)16-13)14(9-15)5-6-14/h3-4,7H,5-6,8-9,15H2,1-2H3. The topological polar surface area (TPSA) is 35.2 Å². The Hall–Kier alpha value is -1.02. The molecule has 1 aliphatic carbocycles. The van der Waals surface area contributed by atoms with E-state index in [0.29, 0.717) is 5.41 Å². The Kier molecular flexibility index (Phi) is 1.91. The van der Waals surface area contributed by atoms with Gasteiger partial charge in [-0.15, -0.1) is 0 Å². The van der Waals surface area contributed by atoms with Crippen LogP contribution in [-0.2, 0) is 11.8 Å². The zero-order chi connectivity index (χ0) is 11.4. The summed E-state index contributed by atoms with van der Waals surface area (Å²) in [5.41, 5.74) is 8.88. The van der Waals surface area contributed by atoms with E-state index in [2.05, 4.69) is 32.0 Å². The molecule has 1 aromatic carbocycles. The Morgan fingerprint density at radius 1 is 1.31 bits per heavy atom. The predicted molar refractivity (Wildman–Crippen MR) is 64.8 cm³/mol. The normalized spacial score (nSPS) is 23.7. The number of fused-ring (bicyclic) bond motifs is 1. The minimum absolute atomic E-state index is 0.0413. The van der Waals surface area contributed by atoms with E-state index >= 15 is 0 Å². The van der Waals surface area contributed by atoms with Crippen LogP contribution >= 0.6 is 0 Å². The summed E-state index contributed by atoms with van der Waals surface area (Å²) in [5, 5.41) is 0. The van der Waals surface area contributed by atoms with Crippen molar-refractivity contribution < 1.29 is 4.74 Å². The minimum Gasteiger partial charge on any atom is -0.487 e. The molecule has 1 aliphatic heterocycles. The van der Waals surface area contributed by atoms with Gasteiger partial charge in [0, 0.05) is 18.4 Å². The van der Waals surface area contributed by atoms with Gasteiger partial charge in [0.1, 0.15) is 11.4 Å². The van der Waals surface area contributed by atoms with Crippen LogP contribution in [0.3, 0.4) is 0 Å². The van der Waals surface area contributed by atoms with Crippen LogP contribution in [0.1, 0.15) is 37.8 Å². The highest BCUT2D eigenvalue weighted by Gasteiger charge is 2.43. The molecule has 2 aliphatic rings. The summed E-state index contributed by atoms with van der Waals surface area (Å²) in [7, 11) is 0. The van der Waals surface area contributed by atoms with E-state index < -0.39 is 0 Å². The fourth-order valence-electron chi connectivity index (χ4n) is 2.70. The van der Waals surface area contributed by atoms with Crippen molar-refractivity contribution in [1.82, 2.24) is 0 Å². The second kappa shape index (κ2) is 3.01. The van der Waals surface area contributed by atoms with Crippen LogP contribution in [0, 0.1) is 0 Å². The van der Waals surface area contributed by atoms with Crippen LogP contribution in [0.4, 0.5) is 0 Å². The Balaban J connectivity index is 1.97. The third-order valence-corrected chi connectivity index (χ3v) is 3.92. The summed E-state index contributed by atoms with van der Waals surface area (Å²) in [6.07, 6.45) is 3.50. The molecule has 1 aromatic rings. The first kappa shape index (κ1) is 10.2. The van der Waals surface area contributed by atoms with E-state index in [9.17, 15) is 0 Å². The number of rotatable bonds is 2. The van der Waals surface area contributed by atoms with Crippen LogP contribution in [0.15, 0.2) is 18.2 Å². The number of hydrogen-bond donors (Lipinski definition) is 1. The van der Waals surface area contributed by atoms with Crippen LogP contribution in [0.25, 0.3) is 0 Å². The van der Waals surface area contributed by atoms with Crippen molar-refractivity contribution in [1.29, 1.82) is 0 Å². The van der Waals surface area contributed by atoms with E-state index in [-0.39, 0.29) is 5.60 Å². The SMILES string of the molecule is CC1(C)Cc2cc(C3(CN)CC3)ccc2O1. The van der Waals surface area contributed by atoms with Gasteiger partial charge in [-0.25, -0.2) is 0 Å². The van der Waals surface area contributed by atoms with Gasteiger partial charge in [-0.2, -0.15) is 0 Å². The van der Waals surface area contributed by atoms with Crippen molar-refractivity contribution in [2.45, 2.75) is 44.1 Å². The maximum absolute atomic E-state index is 5.88. The molecule has 0 radical (unpaired) electrons. The molecule has 0 bridgehead atoms. The zero-order valence-corrected chi connectivity index (χ0v) is 10.0. The van der Waals surface area contributed by atoms with Crippen molar-refractivity contribution in [3.8, 4) is 5.75 Å². The number of nitrogens with two attached hydrogens (primary N) is 1. The molecule has 0 spiro atoms. The molecule has 0 aromatic heterocycles. The van der Waals surface area contributed by atoms with Crippen LogP contribution in [-0.4, -0.2) is 12.1 Å². The molecule has 0 unspecified atom stereocenters. The summed E-state index contributed by atoms with van der Waals surface area (Å²) >= 11 is 0. The highest BCUT2D eigenvalue weighted by atomic mass is 16.5. The maximum atomic E-state index is 5.88. The van der Waals surface area contributed by atoms with E-state index in [4.69, 9.17) is 10.5 Å². The van der Waals surface area contributed by atoms with E-state index in [1.165, 1.54) is 24.0 Å². The van der Waals surface area contributed by atoms with E-state index in [1.54, 1.807) is 0 Å². The minimum atomic E-state index is -0.0413. The molecule has 3 rings (SSSR count). The summed E-state index contributed by atoms with van der Waals surface area (Å²) < 4.78 is 5.88. The molecule has 2 N–H and O–H groups in total. The lowest BCUT2D eigenvalue weighted by atomic mass is 9.92. The molecular weight excluding hydrogens is 198 g/mol. The lowest BCUT2D eigenvalue weighted by Gasteiger charge is -2.16. The lowest BCUT2D eigenvalue weighted by molar-refractivity contribution is 0.138. The zero-order valence-electron chi connectivity index (χ0n) is 10.0. The van der Waals surface area contributed by atoms with Crippen LogP contribution in [0.5, 0.6) is 5.75 Å². The highest BCUT2D eigenvalue weighted by Crippen LogP contribution is 2.49. The molecule has 1 heterocycles. The Bertz CT molecular complexity index is 432. The largest absolute Gasteiger partial charge is 0.487 e. The van der Waals surface area contributed by atoms with Crippen LogP contribution in [0.2, 0.25) is 0 Å². The van der Waals surface area contributed by atoms with Gasteiger partial charge in [0.15, 0.2) is 0 Å². The molecule has 0 amide bonds. The summed E-state index contributed by atoms with van der Waals surface area (Å²) in [5.74, 6) is 1.06. The number of benzene rings is 1. The molecule has 0 saturated heterocycles. The molecule has 86 valence electrons. The van der Waals surface area contributed by atoms with Gasteiger partial charge in [-0.1, -0.05) is 12.1 Å². The Morgan fingerprint density at radius 2 is 2.06 bits per heavy atom. The fraction of sp³-hybridized carbons (Fsp3) is 0.571. The van der Waals surface area contributed by atoms with Gasteiger partial charge >= 0.3 is 0 Å². The molecular formula is C14H19NO. The maximum Gasteiger partial charge on any atom is 0.123 e. The van der Waals surface area contributed by atoms with Crippen LogP contribution < -0.4 is 10.5 Å². The van der Waals surface area contributed by atoms with Gasteiger partial charge in [-0.05, 0) is 43.9 Å².